The first-order chi connectivity index (χ1) is 9.52. The predicted octanol–water partition coefficient (Wildman–Crippen LogP) is 5.09. The molecule has 0 N–H and O–H groups in total. The fraction of sp³-hybridized carbons (Fsp3) is 0.0667. The number of ketones is 1. The quantitative estimate of drug-likeness (QED) is 0.517. The number of hydrogen-bond donors (Lipinski definition) is 0. The molecule has 2 aromatic carbocycles. The van der Waals surface area contributed by atoms with Gasteiger partial charge in [0.15, 0.2) is 5.78 Å². The van der Waals surface area contributed by atoms with Crippen LogP contribution in [0.5, 0.6) is 0 Å². The van der Waals surface area contributed by atoms with Crippen molar-refractivity contribution in [3.63, 3.8) is 0 Å². The van der Waals surface area contributed by atoms with Crippen LogP contribution in [0.25, 0.3) is 0 Å². The maximum atomic E-state index is 12.4. The molecule has 2 aromatic rings. The van der Waals surface area contributed by atoms with E-state index < -0.39 is 5.92 Å². The Hall–Kier alpha value is -1.09. The molecule has 100 valence electrons. The number of nitrogens with zero attached hydrogens (tertiary/aromatic N) is 1. The summed E-state index contributed by atoms with van der Waals surface area (Å²) in [5, 5.41) is 10.0. The summed E-state index contributed by atoms with van der Waals surface area (Å²) in [5.74, 6) is -1.13. The Labute approximate surface area is 140 Å². The second kappa shape index (κ2) is 6.57. The van der Waals surface area contributed by atoms with Crippen LogP contribution in [0.2, 0.25) is 10.0 Å². The van der Waals surface area contributed by atoms with Crippen LogP contribution in [-0.4, -0.2) is 5.78 Å². The molecule has 0 saturated heterocycles. The molecule has 0 fully saturated rings. The SMILES string of the molecule is N#CC(C(=O)c1ccc(I)cc1)c1ccc(Cl)c(Cl)c1. The van der Waals surface area contributed by atoms with Crippen molar-refractivity contribution in [2.24, 2.45) is 0 Å². The normalized spacial score (nSPS) is 11.7. The van der Waals surface area contributed by atoms with Crippen molar-refractivity contribution in [3.05, 3.63) is 67.2 Å². The second-order valence-electron chi connectivity index (χ2n) is 4.11. The highest BCUT2D eigenvalue weighted by Gasteiger charge is 2.22. The third-order valence-corrected chi connectivity index (χ3v) is 4.26. The molecular weight excluding hydrogens is 408 g/mol. The zero-order valence-electron chi connectivity index (χ0n) is 10.1. The van der Waals surface area contributed by atoms with E-state index in [1.54, 1.807) is 30.3 Å². The van der Waals surface area contributed by atoms with Gasteiger partial charge < -0.3 is 0 Å². The maximum absolute atomic E-state index is 12.4. The number of nitriles is 1. The number of Topliss-reactive ketones (excluding diaryl/α,β-unsaturated/α-hetero) is 1. The predicted molar refractivity (Wildman–Crippen MR) is 88.3 cm³/mol. The van der Waals surface area contributed by atoms with Crippen LogP contribution in [0.3, 0.4) is 0 Å². The summed E-state index contributed by atoms with van der Waals surface area (Å²) in [5.41, 5.74) is 1.05. The zero-order valence-corrected chi connectivity index (χ0v) is 13.8. The Morgan fingerprint density at radius 1 is 1.10 bits per heavy atom. The zero-order chi connectivity index (χ0) is 14.7. The van der Waals surface area contributed by atoms with Gasteiger partial charge in [-0.2, -0.15) is 5.26 Å². The third-order valence-electron chi connectivity index (χ3n) is 2.80. The minimum absolute atomic E-state index is 0.248. The molecule has 0 aliphatic rings. The minimum atomic E-state index is -0.884. The molecule has 20 heavy (non-hydrogen) atoms. The molecule has 0 heterocycles. The highest BCUT2D eigenvalue weighted by atomic mass is 127. The van der Waals surface area contributed by atoms with Crippen LogP contribution >= 0.6 is 45.8 Å². The van der Waals surface area contributed by atoms with Gasteiger partial charge >= 0.3 is 0 Å². The lowest BCUT2D eigenvalue weighted by molar-refractivity contribution is 0.0979. The number of hydrogen-bond acceptors (Lipinski definition) is 2. The van der Waals surface area contributed by atoms with Gasteiger partial charge in [-0.25, -0.2) is 0 Å². The Balaban J connectivity index is 2.37. The van der Waals surface area contributed by atoms with Crippen molar-refractivity contribution in [1.82, 2.24) is 0 Å². The van der Waals surface area contributed by atoms with Gasteiger partial charge in [-0.3, -0.25) is 4.79 Å². The van der Waals surface area contributed by atoms with Crippen LogP contribution < -0.4 is 0 Å². The van der Waals surface area contributed by atoms with E-state index in [9.17, 15) is 10.1 Å². The summed E-state index contributed by atoms with van der Waals surface area (Å²) < 4.78 is 1.03. The standard InChI is InChI=1S/C15H8Cl2INO/c16-13-6-3-10(7-14(13)17)12(8-19)15(20)9-1-4-11(18)5-2-9/h1-7,12H. The van der Waals surface area contributed by atoms with Crippen molar-refractivity contribution >= 4 is 51.6 Å². The van der Waals surface area contributed by atoms with Crippen molar-refractivity contribution < 1.29 is 4.79 Å². The third kappa shape index (κ3) is 3.32. The van der Waals surface area contributed by atoms with Gasteiger partial charge in [0.1, 0.15) is 5.92 Å². The Bertz CT molecular complexity index is 692. The monoisotopic (exact) mass is 415 g/mol. The lowest BCUT2D eigenvalue weighted by Crippen LogP contribution is -2.11. The number of benzene rings is 2. The molecule has 0 bridgehead atoms. The first-order valence-electron chi connectivity index (χ1n) is 5.67. The van der Waals surface area contributed by atoms with E-state index in [4.69, 9.17) is 23.2 Å². The van der Waals surface area contributed by atoms with Crippen molar-refractivity contribution in [1.29, 1.82) is 5.26 Å². The van der Waals surface area contributed by atoms with Gasteiger partial charge in [-0.15, -0.1) is 0 Å². The molecule has 1 atom stereocenters. The molecule has 0 aliphatic heterocycles. The first kappa shape index (κ1) is 15.3. The van der Waals surface area contributed by atoms with Crippen LogP contribution in [0.15, 0.2) is 42.5 Å². The number of rotatable bonds is 3. The topological polar surface area (TPSA) is 40.9 Å². The van der Waals surface area contributed by atoms with E-state index in [2.05, 4.69) is 22.6 Å². The van der Waals surface area contributed by atoms with E-state index in [-0.39, 0.29) is 5.78 Å². The average Bonchev–Trinajstić information content (AvgIpc) is 2.44. The van der Waals surface area contributed by atoms with Crippen LogP contribution in [0.1, 0.15) is 21.8 Å². The van der Waals surface area contributed by atoms with Gasteiger partial charge in [0.25, 0.3) is 0 Å². The molecule has 0 saturated carbocycles. The molecule has 2 rings (SSSR count). The highest BCUT2D eigenvalue weighted by molar-refractivity contribution is 14.1. The summed E-state index contributed by atoms with van der Waals surface area (Å²) >= 11 is 13.9. The molecule has 0 aliphatic carbocycles. The highest BCUT2D eigenvalue weighted by Crippen LogP contribution is 2.28. The van der Waals surface area contributed by atoms with Gasteiger partial charge in [0, 0.05) is 9.13 Å². The van der Waals surface area contributed by atoms with Gasteiger partial charge in [-0.05, 0) is 52.4 Å². The van der Waals surface area contributed by atoms with Crippen LogP contribution in [0, 0.1) is 14.9 Å². The van der Waals surface area contributed by atoms with E-state index >= 15 is 0 Å². The lowest BCUT2D eigenvalue weighted by atomic mass is 9.92. The molecule has 1 unspecified atom stereocenters. The Morgan fingerprint density at radius 2 is 1.75 bits per heavy atom. The summed E-state index contributed by atoms with van der Waals surface area (Å²) in [6.07, 6.45) is 0. The summed E-state index contributed by atoms with van der Waals surface area (Å²) in [7, 11) is 0. The largest absolute Gasteiger partial charge is 0.292 e. The second-order valence-corrected chi connectivity index (χ2v) is 6.17. The summed E-state index contributed by atoms with van der Waals surface area (Å²) in [6, 6.07) is 13.9. The van der Waals surface area contributed by atoms with Gasteiger partial charge in [0.2, 0.25) is 0 Å². The minimum Gasteiger partial charge on any atom is -0.292 e. The van der Waals surface area contributed by atoms with Gasteiger partial charge in [0.05, 0.1) is 16.1 Å². The van der Waals surface area contributed by atoms with Gasteiger partial charge in [-0.1, -0.05) is 41.4 Å². The maximum Gasteiger partial charge on any atom is 0.184 e. The molecule has 0 radical (unpaired) electrons. The first-order valence-corrected chi connectivity index (χ1v) is 7.50. The van der Waals surface area contributed by atoms with E-state index in [1.807, 2.05) is 18.2 Å². The molecule has 2 nitrogen and oxygen atoms in total. The molecule has 5 heteroatoms. The van der Waals surface area contributed by atoms with E-state index in [1.165, 1.54) is 0 Å². The van der Waals surface area contributed by atoms with Crippen LogP contribution in [0.4, 0.5) is 0 Å². The Morgan fingerprint density at radius 3 is 2.30 bits per heavy atom. The fourth-order valence-corrected chi connectivity index (χ4v) is 2.42. The van der Waals surface area contributed by atoms with Crippen LogP contribution in [-0.2, 0) is 0 Å². The molecular formula is C15H8Cl2INO. The average molecular weight is 416 g/mol. The molecule has 0 amide bonds. The number of carbonyl (C=O) groups is 1. The summed E-state index contributed by atoms with van der Waals surface area (Å²) in [4.78, 5) is 12.4. The van der Waals surface area contributed by atoms with Crippen molar-refractivity contribution in [2.75, 3.05) is 0 Å². The molecule has 0 aromatic heterocycles. The van der Waals surface area contributed by atoms with E-state index in [0.717, 1.165) is 3.57 Å². The lowest BCUT2D eigenvalue weighted by Gasteiger charge is -2.10. The van der Waals surface area contributed by atoms with E-state index in [0.29, 0.717) is 21.2 Å². The van der Waals surface area contributed by atoms with Crippen molar-refractivity contribution in [3.8, 4) is 6.07 Å². The van der Waals surface area contributed by atoms with Crippen molar-refractivity contribution in [2.45, 2.75) is 5.92 Å². The smallest absolute Gasteiger partial charge is 0.184 e. The Kier molecular flexibility index (Phi) is 5.03. The fourth-order valence-electron chi connectivity index (χ4n) is 1.76. The summed E-state index contributed by atoms with van der Waals surface area (Å²) in [6.45, 7) is 0. The molecule has 0 spiro atoms. The number of carbonyl (C=O) groups excluding carboxylic acids is 1. The number of halogens is 3.